The topological polar surface area (TPSA) is 25.8 Å². The lowest BCUT2D eigenvalue weighted by Crippen LogP contribution is -1.82. The highest BCUT2D eigenvalue weighted by atomic mass is 32.1. The van der Waals surface area contributed by atoms with Crippen molar-refractivity contribution in [2.45, 2.75) is 6.92 Å². The number of aromatic nitrogens is 2. The molecule has 0 unspecified atom stereocenters. The summed E-state index contributed by atoms with van der Waals surface area (Å²) in [5, 5.41) is 4.25. The monoisotopic (exact) mass is 252 g/mol. The molecule has 2 aromatic carbocycles. The fraction of sp³-hybridized carbons (Fsp3) is 0.0667. The van der Waals surface area contributed by atoms with Crippen LogP contribution >= 0.6 is 11.5 Å². The van der Waals surface area contributed by atoms with Crippen LogP contribution in [-0.2, 0) is 0 Å². The SMILES string of the molecule is Cc1ccc(-c2snnc2-c2ccccc2)cc1. The fourth-order valence-electron chi connectivity index (χ4n) is 1.87. The molecule has 2 nitrogen and oxygen atoms in total. The van der Waals surface area contributed by atoms with E-state index in [0.717, 1.165) is 16.1 Å². The first kappa shape index (κ1) is 11.1. The van der Waals surface area contributed by atoms with E-state index < -0.39 is 0 Å². The molecule has 0 aliphatic carbocycles. The normalized spacial score (nSPS) is 10.5. The van der Waals surface area contributed by atoms with Gasteiger partial charge in [-0.1, -0.05) is 64.6 Å². The Kier molecular flexibility index (Phi) is 2.90. The Morgan fingerprint density at radius 3 is 2.28 bits per heavy atom. The lowest BCUT2D eigenvalue weighted by molar-refractivity contribution is 1.16. The van der Waals surface area contributed by atoms with Crippen LogP contribution in [0.25, 0.3) is 21.7 Å². The minimum Gasteiger partial charge on any atom is -0.137 e. The summed E-state index contributed by atoms with van der Waals surface area (Å²) in [7, 11) is 0. The third-order valence-corrected chi connectivity index (χ3v) is 3.62. The van der Waals surface area contributed by atoms with Gasteiger partial charge in [-0.3, -0.25) is 0 Å². The standard InChI is InChI=1S/C15H12N2S/c1-11-7-9-13(10-8-11)15-14(16-17-18-15)12-5-3-2-4-6-12/h2-10H,1H3. The van der Waals surface area contributed by atoms with E-state index in [4.69, 9.17) is 0 Å². The van der Waals surface area contributed by atoms with Crippen LogP contribution in [0.2, 0.25) is 0 Å². The van der Waals surface area contributed by atoms with Crippen molar-refractivity contribution in [3.05, 3.63) is 60.2 Å². The summed E-state index contributed by atoms with van der Waals surface area (Å²) >= 11 is 1.44. The first-order valence-electron chi connectivity index (χ1n) is 5.79. The Morgan fingerprint density at radius 1 is 0.833 bits per heavy atom. The molecule has 0 saturated carbocycles. The largest absolute Gasteiger partial charge is 0.137 e. The van der Waals surface area contributed by atoms with Gasteiger partial charge in [-0.15, -0.1) is 5.10 Å². The molecule has 0 bridgehead atoms. The second kappa shape index (κ2) is 4.70. The minimum absolute atomic E-state index is 0.962. The molecule has 3 rings (SSSR count). The summed E-state index contributed by atoms with van der Waals surface area (Å²) < 4.78 is 4.09. The molecule has 1 aromatic heterocycles. The first-order chi connectivity index (χ1) is 8.84. The second-order valence-electron chi connectivity index (χ2n) is 4.18. The number of benzene rings is 2. The van der Waals surface area contributed by atoms with Crippen LogP contribution in [0.5, 0.6) is 0 Å². The Labute approximate surface area is 110 Å². The average molecular weight is 252 g/mol. The smallest absolute Gasteiger partial charge is 0.113 e. The van der Waals surface area contributed by atoms with Crippen molar-refractivity contribution in [2.75, 3.05) is 0 Å². The summed E-state index contributed by atoms with van der Waals surface area (Å²) in [5.41, 5.74) is 4.51. The summed E-state index contributed by atoms with van der Waals surface area (Å²) in [6.07, 6.45) is 0. The Morgan fingerprint density at radius 2 is 1.56 bits per heavy atom. The van der Waals surface area contributed by atoms with Crippen molar-refractivity contribution < 1.29 is 0 Å². The highest BCUT2D eigenvalue weighted by Gasteiger charge is 2.11. The Hall–Kier alpha value is -2.00. The third kappa shape index (κ3) is 2.05. The lowest BCUT2D eigenvalue weighted by Gasteiger charge is -2.02. The van der Waals surface area contributed by atoms with Gasteiger partial charge in [0.15, 0.2) is 0 Å². The summed E-state index contributed by atoms with van der Waals surface area (Å²) in [6, 6.07) is 18.7. The van der Waals surface area contributed by atoms with Crippen molar-refractivity contribution in [3.8, 4) is 21.7 Å². The maximum absolute atomic E-state index is 4.25. The van der Waals surface area contributed by atoms with E-state index in [1.54, 1.807) is 0 Å². The molecule has 0 radical (unpaired) electrons. The van der Waals surface area contributed by atoms with Crippen LogP contribution in [0.3, 0.4) is 0 Å². The highest BCUT2D eigenvalue weighted by molar-refractivity contribution is 7.09. The summed E-state index contributed by atoms with van der Waals surface area (Å²) in [4.78, 5) is 1.13. The van der Waals surface area contributed by atoms with Gasteiger partial charge in [0.2, 0.25) is 0 Å². The second-order valence-corrected chi connectivity index (χ2v) is 4.94. The molecule has 0 atom stereocenters. The minimum atomic E-state index is 0.962. The van der Waals surface area contributed by atoms with E-state index in [1.165, 1.54) is 22.7 Å². The van der Waals surface area contributed by atoms with E-state index in [2.05, 4.69) is 52.9 Å². The zero-order valence-corrected chi connectivity index (χ0v) is 10.8. The molecule has 1 heterocycles. The van der Waals surface area contributed by atoms with Crippen molar-refractivity contribution >= 4 is 11.5 Å². The predicted octanol–water partition coefficient (Wildman–Crippen LogP) is 4.18. The fourth-order valence-corrected chi connectivity index (χ4v) is 2.56. The first-order valence-corrected chi connectivity index (χ1v) is 6.57. The molecule has 18 heavy (non-hydrogen) atoms. The molecule has 3 heteroatoms. The maximum atomic E-state index is 4.25. The number of aryl methyl sites for hydroxylation is 1. The van der Waals surface area contributed by atoms with E-state index >= 15 is 0 Å². The lowest BCUT2D eigenvalue weighted by atomic mass is 10.1. The molecule has 0 N–H and O–H groups in total. The maximum Gasteiger partial charge on any atom is 0.113 e. The van der Waals surface area contributed by atoms with Gasteiger partial charge in [0.25, 0.3) is 0 Å². The molecule has 0 fully saturated rings. The van der Waals surface area contributed by atoms with Crippen LogP contribution in [0.1, 0.15) is 5.56 Å². The highest BCUT2D eigenvalue weighted by Crippen LogP contribution is 2.32. The van der Waals surface area contributed by atoms with Gasteiger partial charge in [0.1, 0.15) is 5.69 Å². The van der Waals surface area contributed by atoms with Crippen molar-refractivity contribution in [3.63, 3.8) is 0 Å². The van der Waals surface area contributed by atoms with Crippen LogP contribution in [0, 0.1) is 6.92 Å². The van der Waals surface area contributed by atoms with Crippen LogP contribution in [0.15, 0.2) is 54.6 Å². The van der Waals surface area contributed by atoms with Gasteiger partial charge < -0.3 is 0 Å². The van der Waals surface area contributed by atoms with Gasteiger partial charge in [-0.25, -0.2) is 0 Å². The molecule has 0 spiro atoms. The molecular formula is C15H12N2S. The van der Waals surface area contributed by atoms with E-state index in [1.807, 2.05) is 18.2 Å². The van der Waals surface area contributed by atoms with E-state index in [-0.39, 0.29) is 0 Å². The Bertz CT molecular complexity index is 642. The molecule has 0 aliphatic rings. The van der Waals surface area contributed by atoms with Crippen LogP contribution < -0.4 is 0 Å². The van der Waals surface area contributed by atoms with E-state index in [0.29, 0.717) is 0 Å². The third-order valence-electron chi connectivity index (χ3n) is 2.85. The zero-order valence-electron chi connectivity index (χ0n) is 10.00. The molecule has 0 amide bonds. The van der Waals surface area contributed by atoms with Crippen molar-refractivity contribution in [1.82, 2.24) is 9.59 Å². The van der Waals surface area contributed by atoms with Gasteiger partial charge in [-0.2, -0.15) is 0 Å². The summed E-state index contributed by atoms with van der Waals surface area (Å²) in [6.45, 7) is 2.09. The van der Waals surface area contributed by atoms with Crippen molar-refractivity contribution in [1.29, 1.82) is 0 Å². The van der Waals surface area contributed by atoms with Crippen molar-refractivity contribution in [2.24, 2.45) is 0 Å². The number of rotatable bonds is 2. The summed E-state index contributed by atoms with van der Waals surface area (Å²) in [5.74, 6) is 0. The molecule has 0 aliphatic heterocycles. The Balaban J connectivity index is 2.10. The molecule has 3 aromatic rings. The molecule has 0 saturated heterocycles. The zero-order chi connectivity index (χ0) is 12.4. The number of hydrogen-bond donors (Lipinski definition) is 0. The van der Waals surface area contributed by atoms with Crippen LogP contribution in [-0.4, -0.2) is 9.59 Å². The van der Waals surface area contributed by atoms with Crippen LogP contribution in [0.4, 0.5) is 0 Å². The van der Waals surface area contributed by atoms with Gasteiger partial charge in [0, 0.05) is 5.56 Å². The van der Waals surface area contributed by atoms with Gasteiger partial charge >= 0.3 is 0 Å². The quantitative estimate of drug-likeness (QED) is 0.683. The van der Waals surface area contributed by atoms with E-state index in [9.17, 15) is 0 Å². The number of hydrogen-bond acceptors (Lipinski definition) is 3. The molecular weight excluding hydrogens is 240 g/mol. The average Bonchev–Trinajstić information content (AvgIpc) is 2.90. The van der Waals surface area contributed by atoms with Gasteiger partial charge in [-0.05, 0) is 24.0 Å². The molecule has 88 valence electrons. The predicted molar refractivity (Wildman–Crippen MR) is 75.5 cm³/mol. The number of nitrogens with zero attached hydrogens (tertiary/aromatic N) is 2. The van der Waals surface area contributed by atoms with Gasteiger partial charge in [0.05, 0.1) is 4.88 Å².